The molecule has 282 valence electrons. The lowest BCUT2D eigenvalue weighted by atomic mass is 10.0. The molecule has 0 spiro atoms. The molecule has 1 heterocycles. The highest BCUT2D eigenvalue weighted by atomic mass is 16.3. The van der Waals surface area contributed by atoms with Crippen LogP contribution in [0, 0.1) is 0 Å². The van der Waals surface area contributed by atoms with Gasteiger partial charge in [-0.25, -0.2) is 0 Å². The lowest BCUT2D eigenvalue weighted by Crippen LogP contribution is -2.05. The first-order chi connectivity index (χ1) is 24.7. The molecular formula is C45H76N4O. The number of phenols is 1. The van der Waals surface area contributed by atoms with E-state index in [0.29, 0.717) is 12.2 Å². The zero-order valence-electron chi connectivity index (χ0n) is 32.5. The minimum Gasteiger partial charge on any atom is -0.505 e. The van der Waals surface area contributed by atoms with E-state index in [4.69, 9.17) is 5.73 Å². The highest BCUT2D eigenvalue weighted by Crippen LogP contribution is 2.30. The lowest BCUT2D eigenvalue weighted by Gasteiger charge is -2.12. The molecule has 3 aromatic rings. The van der Waals surface area contributed by atoms with Crippen molar-refractivity contribution in [1.29, 1.82) is 0 Å². The Kier molecular flexibility index (Phi) is 23.7. The number of aromatic nitrogens is 3. The van der Waals surface area contributed by atoms with Crippen LogP contribution >= 0.6 is 0 Å². The van der Waals surface area contributed by atoms with Gasteiger partial charge in [0.05, 0.1) is 0 Å². The summed E-state index contributed by atoms with van der Waals surface area (Å²) in [4.78, 5) is 1.55. The molecule has 0 aliphatic heterocycles. The molecule has 0 atom stereocenters. The Morgan fingerprint density at radius 3 is 1.18 bits per heavy atom. The lowest BCUT2D eigenvalue weighted by molar-refractivity contribution is 0.458. The predicted octanol–water partition coefficient (Wildman–Crippen LogP) is 13.9. The molecule has 0 radical (unpaired) electrons. The van der Waals surface area contributed by atoms with Gasteiger partial charge >= 0.3 is 0 Å². The maximum Gasteiger partial charge on any atom is 0.146 e. The summed E-state index contributed by atoms with van der Waals surface area (Å²) in [5.74, 6) is 0.276. The third-order valence-corrected chi connectivity index (χ3v) is 10.8. The summed E-state index contributed by atoms with van der Waals surface area (Å²) < 4.78 is 0. The van der Waals surface area contributed by atoms with Gasteiger partial charge in [0, 0.05) is 6.54 Å². The van der Waals surface area contributed by atoms with Gasteiger partial charge in [-0.2, -0.15) is 0 Å². The topological polar surface area (TPSA) is 77.0 Å². The van der Waals surface area contributed by atoms with Crippen molar-refractivity contribution in [1.82, 2.24) is 15.0 Å². The van der Waals surface area contributed by atoms with Crippen molar-refractivity contribution in [3.8, 4) is 11.4 Å². The molecule has 5 nitrogen and oxygen atoms in total. The third kappa shape index (κ3) is 18.2. The van der Waals surface area contributed by atoms with Crippen molar-refractivity contribution in [2.24, 2.45) is 5.73 Å². The largest absolute Gasteiger partial charge is 0.505 e. The van der Waals surface area contributed by atoms with Crippen molar-refractivity contribution in [2.75, 3.05) is 0 Å². The first-order valence-electron chi connectivity index (χ1n) is 21.6. The molecular weight excluding hydrogens is 613 g/mol. The average molecular weight is 689 g/mol. The number of aryl methyl sites for hydroxylation is 1. The Hall–Kier alpha value is -2.40. The van der Waals surface area contributed by atoms with Crippen LogP contribution in [0.2, 0.25) is 0 Å². The molecule has 0 bridgehead atoms. The van der Waals surface area contributed by atoms with E-state index < -0.39 is 0 Å². The number of nitrogens with zero attached hydrogens (tertiary/aromatic N) is 3. The molecule has 0 amide bonds. The van der Waals surface area contributed by atoms with E-state index in [2.05, 4.69) is 17.1 Å². The van der Waals surface area contributed by atoms with Gasteiger partial charge in [-0.05, 0) is 42.2 Å². The number of unbranched alkanes of at least 4 members (excludes halogenated alkanes) is 29. The molecule has 0 aliphatic carbocycles. The number of rotatable bonds is 33. The van der Waals surface area contributed by atoms with E-state index in [9.17, 15) is 5.11 Å². The van der Waals surface area contributed by atoms with E-state index >= 15 is 0 Å². The first kappa shape index (κ1) is 42.0. The smallest absolute Gasteiger partial charge is 0.146 e. The number of aromatic hydroxyl groups is 1. The molecule has 3 N–H and O–H groups in total. The highest BCUT2D eigenvalue weighted by molar-refractivity contribution is 5.73. The summed E-state index contributed by atoms with van der Waals surface area (Å²) >= 11 is 0. The Balaban J connectivity index is 1.05. The summed E-state index contributed by atoms with van der Waals surface area (Å²) in [6.07, 6.45) is 43.3. The van der Waals surface area contributed by atoms with Gasteiger partial charge in [0.15, 0.2) is 0 Å². The van der Waals surface area contributed by atoms with Crippen molar-refractivity contribution in [3.05, 3.63) is 47.5 Å². The molecule has 2 aromatic carbocycles. The van der Waals surface area contributed by atoms with Crippen LogP contribution in [0.15, 0.2) is 36.4 Å². The zero-order valence-corrected chi connectivity index (χ0v) is 32.5. The molecule has 0 saturated heterocycles. The minimum atomic E-state index is 0.276. The van der Waals surface area contributed by atoms with E-state index in [0.717, 1.165) is 35.0 Å². The average Bonchev–Trinajstić information content (AvgIpc) is 3.57. The SMILES string of the molecule is CCCCCCCCCCCCCCCCCCCCCCCCCCCCCCCCc1cc(CN)cc(-n2nc3ccccc3n2)c1O. The summed E-state index contributed by atoms with van der Waals surface area (Å²) in [5, 5.41) is 20.2. The third-order valence-electron chi connectivity index (χ3n) is 10.8. The van der Waals surface area contributed by atoms with Gasteiger partial charge in [-0.15, -0.1) is 15.0 Å². The quantitative estimate of drug-likeness (QED) is 0.0624. The van der Waals surface area contributed by atoms with Crippen LogP contribution in [0.5, 0.6) is 5.75 Å². The van der Waals surface area contributed by atoms with Gasteiger partial charge in [0.2, 0.25) is 0 Å². The van der Waals surface area contributed by atoms with E-state index in [1.165, 1.54) is 186 Å². The van der Waals surface area contributed by atoms with Crippen LogP contribution in [-0.2, 0) is 13.0 Å². The fourth-order valence-electron chi connectivity index (χ4n) is 7.51. The number of fused-ring (bicyclic) bond motifs is 1. The monoisotopic (exact) mass is 689 g/mol. The first-order valence-corrected chi connectivity index (χ1v) is 21.6. The number of benzene rings is 2. The Morgan fingerprint density at radius 2 is 0.840 bits per heavy atom. The van der Waals surface area contributed by atoms with Crippen LogP contribution in [0.25, 0.3) is 16.7 Å². The standard InChI is InChI=1S/C45H76N4O/c1-2-3-4-5-6-7-8-9-10-11-12-13-14-15-16-17-18-19-20-21-22-23-24-25-26-27-28-29-30-31-34-41-37-40(39-46)38-44(45(41)50)49-47-42-35-32-33-36-43(42)48-49/h32-33,35-38,50H,2-31,34,39,46H2,1H3. The molecule has 5 heteroatoms. The van der Waals surface area contributed by atoms with Crippen molar-refractivity contribution in [2.45, 2.75) is 213 Å². The van der Waals surface area contributed by atoms with Gasteiger partial charge in [0.1, 0.15) is 22.5 Å². The highest BCUT2D eigenvalue weighted by Gasteiger charge is 2.14. The fourth-order valence-corrected chi connectivity index (χ4v) is 7.51. The number of hydrogen-bond donors (Lipinski definition) is 2. The van der Waals surface area contributed by atoms with E-state index in [1.807, 2.05) is 36.4 Å². The zero-order chi connectivity index (χ0) is 35.3. The summed E-state index contributed by atoms with van der Waals surface area (Å²) in [6, 6.07) is 11.7. The van der Waals surface area contributed by atoms with Crippen LogP contribution in [0.1, 0.15) is 211 Å². The minimum absolute atomic E-state index is 0.276. The summed E-state index contributed by atoms with van der Waals surface area (Å²) in [7, 11) is 0. The summed E-state index contributed by atoms with van der Waals surface area (Å²) in [6.45, 7) is 2.73. The molecule has 50 heavy (non-hydrogen) atoms. The number of phenolic OH excluding ortho intramolecular Hbond substituents is 1. The second-order valence-corrected chi connectivity index (χ2v) is 15.3. The Bertz CT molecular complexity index is 1200. The van der Waals surface area contributed by atoms with Gasteiger partial charge in [0.25, 0.3) is 0 Å². The Labute approximate surface area is 307 Å². The van der Waals surface area contributed by atoms with Crippen molar-refractivity contribution >= 4 is 11.0 Å². The van der Waals surface area contributed by atoms with Gasteiger partial charge in [-0.3, -0.25) is 0 Å². The second kappa shape index (κ2) is 28.2. The van der Waals surface area contributed by atoms with E-state index in [-0.39, 0.29) is 5.75 Å². The van der Waals surface area contributed by atoms with Gasteiger partial charge < -0.3 is 10.8 Å². The number of hydrogen-bond acceptors (Lipinski definition) is 4. The van der Waals surface area contributed by atoms with Crippen LogP contribution in [0.4, 0.5) is 0 Å². The molecule has 1 aromatic heterocycles. The van der Waals surface area contributed by atoms with E-state index in [1.54, 1.807) is 4.80 Å². The summed E-state index contributed by atoms with van der Waals surface area (Å²) in [5.41, 5.74) is 10.2. The molecule has 0 fully saturated rings. The van der Waals surface area contributed by atoms with Crippen LogP contribution < -0.4 is 5.73 Å². The molecule has 0 unspecified atom stereocenters. The molecule has 3 rings (SSSR count). The predicted molar refractivity (Wildman–Crippen MR) is 216 cm³/mol. The van der Waals surface area contributed by atoms with Crippen LogP contribution in [0.3, 0.4) is 0 Å². The number of nitrogens with two attached hydrogens (primary N) is 1. The Morgan fingerprint density at radius 1 is 0.500 bits per heavy atom. The molecule has 0 saturated carbocycles. The van der Waals surface area contributed by atoms with Gasteiger partial charge in [-0.1, -0.05) is 211 Å². The second-order valence-electron chi connectivity index (χ2n) is 15.3. The van der Waals surface area contributed by atoms with Crippen LogP contribution in [-0.4, -0.2) is 20.1 Å². The van der Waals surface area contributed by atoms with Crippen molar-refractivity contribution < 1.29 is 5.11 Å². The fraction of sp³-hybridized carbons (Fsp3) is 0.733. The normalized spacial score (nSPS) is 11.6. The maximum atomic E-state index is 11.1. The van der Waals surface area contributed by atoms with Crippen molar-refractivity contribution in [3.63, 3.8) is 0 Å². The molecule has 0 aliphatic rings. The maximum absolute atomic E-state index is 11.1.